The number of ether oxygens (including phenoxy) is 2. The summed E-state index contributed by atoms with van der Waals surface area (Å²) in [5.74, 6) is 1.09. The largest absolute Gasteiger partial charge is 0.496 e. The monoisotopic (exact) mass is 246 g/mol. The van der Waals surface area contributed by atoms with Crippen LogP contribution in [0.2, 0.25) is 0 Å². The van der Waals surface area contributed by atoms with Crippen LogP contribution in [0.1, 0.15) is 5.56 Å². The Bertz CT molecular complexity index is 581. The molecule has 0 amide bonds. The first-order valence-corrected chi connectivity index (χ1v) is 5.60. The summed E-state index contributed by atoms with van der Waals surface area (Å²) >= 11 is 0. The molecule has 94 valence electrons. The summed E-state index contributed by atoms with van der Waals surface area (Å²) in [6.07, 6.45) is 0. The molecule has 18 heavy (non-hydrogen) atoms. The SMILES string of the molecule is COc1cc(C)cc2ccc(B(O)O)c(OC)c12. The number of methoxy groups -OCH3 is 2. The zero-order valence-corrected chi connectivity index (χ0v) is 10.6. The van der Waals surface area contributed by atoms with Gasteiger partial charge in [-0.2, -0.15) is 0 Å². The predicted molar refractivity (Wildman–Crippen MR) is 71.6 cm³/mol. The van der Waals surface area contributed by atoms with Gasteiger partial charge in [-0.05, 0) is 23.9 Å². The summed E-state index contributed by atoms with van der Waals surface area (Å²) in [6, 6.07) is 7.35. The molecule has 0 spiro atoms. The van der Waals surface area contributed by atoms with Crippen molar-refractivity contribution in [3.63, 3.8) is 0 Å². The van der Waals surface area contributed by atoms with Crippen molar-refractivity contribution in [1.82, 2.24) is 0 Å². The van der Waals surface area contributed by atoms with Crippen molar-refractivity contribution in [3.8, 4) is 11.5 Å². The van der Waals surface area contributed by atoms with E-state index in [2.05, 4.69) is 0 Å². The Balaban J connectivity index is 2.86. The highest BCUT2D eigenvalue weighted by Crippen LogP contribution is 2.34. The van der Waals surface area contributed by atoms with Crippen LogP contribution in [0.15, 0.2) is 24.3 Å². The van der Waals surface area contributed by atoms with Gasteiger partial charge in [-0.15, -0.1) is 0 Å². The molecule has 0 saturated carbocycles. The van der Waals surface area contributed by atoms with Crippen LogP contribution in [0.5, 0.6) is 11.5 Å². The molecule has 2 aromatic rings. The smallest absolute Gasteiger partial charge is 0.492 e. The fraction of sp³-hybridized carbons (Fsp3) is 0.231. The van der Waals surface area contributed by atoms with Gasteiger partial charge < -0.3 is 19.5 Å². The molecule has 5 heteroatoms. The average Bonchev–Trinajstić information content (AvgIpc) is 2.35. The van der Waals surface area contributed by atoms with Gasteiger partial charge in [-0.1, -0.05) is 18.2 Å². The van der Waals surface area contributed by atoms with Crippen molar-refractivity contribution in [3.05, 3.63) is 29.8 Å². The van der Waals surface area contributed by atoms with Gasteiger partial charge in [0.1, 0.15) is 11.5 Å². The van der Waals surface area contributed by atoms with Gasteiger partial charge in [-0.25, -0.2) is 0 Å². The van der Waals surface area contributed by atoms with Crippen LogP contribution in [-0.4, -0.2) is 31.4 Å². The second kappa shape index (κ2) is 4.88. The number of rotatable bonds is 3. The maximum atomic E-state index is 9.35. The first-order chi connectivity index (χ1) is 8.58. The maximum absolute atomic E-state index is 9.35. The van der Waals surface area contributed by atoms with Crippen LogP contribution in [0.4, 0.5) is 0 Å². The standard InChI is InChI=1S/C13H15BO4/c1-8-6-9-4-5-10(14(15)16)13(18-3)12(9)11(7-8)17-2/h4-7,15-16H,1-3H3. The molecule has 0 aromatic heterocycles. The fourth-order valence-corrected chi connectivity index (χ4v) is 2.14. The van der Waals surface area contributed by atoms with E-state index in [0.29, 0.717) is 17.0 Å². The van der Waals surface area contributed by atoms with Crippen LogP contribution in [0, 0.1) is 6.92 Å². The molecule has 0 bridgehead atoms. The molecule has 2 rings (SSSR count). The van der Waals surface area contributed by atoms with E-state index in [0.717, 1.165) is 16.3 Å². The molecule has 4 nitrogen and oxygen atoms in total. The van der Waals surface area contributed by atoms with Crippen molar-refractivity contribution >= 4 is 23.4 Å². The van der Waals surface area contributed by atoms with E-state index in [-0.39, 0.29) is 0 Å². The fourth-order valence-electron chi connectivity index (χ4n) is 2.14. The van der Waals surface area contributed by atoms with E-state index in [1.54, 1.807) is 13.2 Å². The van der Waals surface area contributed by atoms with E-state index in [9.17, 15) is 10.0 Å². The summed E-state index contributed by atoms with van der Waals surface area (Å²) in [6.45, 7) is 1.98. The third-order valence-corrected chi connectivity index (χ3v) is 2.91. The average molecular weight is 246 g/mol. The lowest BCUT2D eigenvalue weighted by Crippen LogP contribution is -2.31. The highest BCUT2D eigenvalue weighted by atomic mass is 16.5. The number of aryl methyl sites for hydroxylation is 1. The topological polar surface area (TPSA) is 58.9 Å². The van der Waals surface area contributed by atoms with Gasteiger partial charge in [0, 0.05) is 5.46 Å². The van der Waals surface area contributed by atoms with Gasteiger partial charge in [0.2, 0.25) is 0 Å². The molecular weight excluding hydrogens is 231 g/mol. The quantitative estimate of drug-likeness (QED) is 0.788. The normalized spacial score (nSPS) is 10.5. The molecule has 2 N–H and O–H groups in total. The lowest BCUT2D eigenvalue weighted by molar-refractivity contribution is 0.399. The molecule has 0 atom stereocenters. The minimum atomic E-state index is -1.57. The Kier molecular flexibility index (Phi) is 3.45. The summed E-state index contributed by atoms with van der Waals surface area (Å²) in [5.41, 5.74) is 1.39. The molecule has 0 radical (unpaired) electrons. The van der Waals surface area contributed by atoms with Crippen molar-refractivity contribution in [2.24, 2.45) is 0 Å². The van der Waals surface area contributed by atoms with Crippen LogP contribution in [0.3, 0.4) is 0 Å². The summed E-state index contributed by atoms with van der Waals surface area (Å²) < 4.78 is 10.6. The lowest BCUT2D eigenvalue weighted by Gasteiger charge is -2.14. The minimum Gasteiger partial charge on any atom is -0.496 e. The van der Waals surface area contributed by atoms with E-state index >= 15 is 0 Å². The van der Waals surface area contributed by atoms with Crippen molar-refractivity contribution in [1.29, 1.82) is 0 Å². The molecule has 0 saturated heterocycles. The van der Waals surface area contributed by atoms with E-state index in [1.807, 2.05) is 25.1 Å². The third-order valence-electron chi connectivity index (χ3n) is 2.91. The van der Waals surface area contributed by atoms with Gasteiger partial charge in [-0.3, -0.25) is 0 Å². The molecule has 0 heterocycles. The molecule has 0 aliphatic rings. The lowest BCUT2D eigenvalue weighted by atomic mass is 9.78. The Morgan fingerprint density at radius 1 is 1.06 bits per heavy atom. The first-order valence-electron chi connectivity index (χ1n) is 5.60. The van der Waals surface area contributed by atoms with Crippen LogP contribution in [0.25, 0.3) is 10.8 Å². The molecule has 0 fully saturated rings. The molecule has 0 unspecified atom stereocenters. The zero-order valence-electron chi connectivity index (χ0n) is 10.6. The number of hydrogen-bond acceptors (Lipinski definition) is 4. The van der Waals surface area contributed by atoms with Crippen LogP contribution in [-0.2, 0) is 0 Å². The highest BCUT2D eigenvalue weighted by Gasteiger charge is 2.21. The molecule has 0 aliphatic heterocycles. The van der Waals surface area contributed by atoms with Gasteiger partial charge in [0.15, 0.2) is 0 Å². The Hall–Kier alpha value is -1.72. The van der Waals surface area contributed by atoms with Crippen molar-refractivity contribution in [2.45, 2.75) is 6.92 Å². The summed E-state index contributed by atoms with van der Waals surface area (Å²) in [7, 11) is 1.51. The Morgan fingerprint density at radius 2 is 1.78 bits per heavy atom. The summed E-state index contributed by atoms with van der Waals surface area (Å²) in [4.78, 5) is 0. The maximum Gasteiger partial charge on any atom is 0.492 e. The Morgan fingerprint density at radius 3 is 2.33 bits per heavy atom. The Labute approximate surface area is 106 Å². The van der Waals surface area contributed by atoms with E-state index < -0.39 is 7.12 Å². The van der Waals surface area contributed by atoms with Gasteiger partial charge >= 0.3 is 7.12 Å². The summed E-state index contributed by atoms with van der Waals surface area (Å²) in [5, 5.41) is 20.4. The third kappa shape index (κ3) is 2.02. The molecular formula is C13H15BO4. The van der Waals surface area contributed by atoms with Crippen LogP contribution < -0.4 is 14.9 Å². The number of fused-ring (bicyclic) bond motifs is 1. The predicted octanol–water partition coefficient (Wildman–Crippen LogP) is 0.845. The van der Waals surface area contributed by atoms with Gasteiger partial charge in [0.25, 0.3) is 0 Å². The van der Waals surface area contributed by atoms with E-state index in [4.69, 9.17) is 9.47 Å². The van der Waals surface area contributed by atoms with Crippen molar-refractivity contribution < 1.29 is 19.5 Å². The van der Waals surface area contributed by atoms with Crippen molar-refractivity contribution in [2.75, 3.05) is 14.2 Å². The second-order valence-corrected chi connectivity index (χ2v) is 4.13. The van der Waals surface area contributed by atoms with Crippen LogP contribution >= 0.6 is 0 Å². The minimum absolute atomic E-state index is 0.326. The number of benzene rings is 2. The zero-order chi connectivity index (χ0) is 13.3. The first kappa shape index (κ1) is 12.7. The molecule has 2 aromatic carbocycles. The number of hydrogen-bond donors (Lipinski definition) is 2. The highest BCUT2D eigenvalue weighted by molar-refractivity contribution is 6.60. The van der Waals surface area contributed by atoms with E-state index in [1.165, 1.54) is 7.11 Å². The second-order valence-electron chi connectivity index (χ2n) is 4.13. The molecule has 0 aliphatic carbocycles. The van der Waals surface area contributed by atoms with Gasteiger partial charge in [0.05, 0.1) is 19.6 Å².